The van der Waals surface area contributed by atoms with Gasteiger partial charge in [-0.1, -0.05) is 101 Å². The highest BCUT2D eigenvalue weighted by atomic mass is 15.2. The number of nitrogens with zero attached hydrogens (tertiary/aromatic N) is 2. The van der Waals surface area contributed by atoms with Crippen LogP contribution >= 0.6 is 0 Å². The molecule has 0 saturated carbocycles. The number of hydrogen-bond donors (Lipinski definition) is 1. The van der Waals surface area contributed by atoms with Crippen molar-refractivity contribution in [3.8, 4) is 0 Å². The Morgan fingerprint density at radius 3 is 1.97 bits per heavy atom. The van der Waals surface area contributed by atoms with Gasteiger partial charge in [0, 0.05) is 40.4 Å². The van der Waals surface area contributed by atoms with Gasteiger partial charge in [0.15, 0.2) is 0 Å². The molecule has 0 fully saturated rings. The molecule has 0 spiro atoms. The van der Waals surface area contributed by atoms with Crippen LogP contribution in [0.25, 0.3) is 0 Å². The van der Waals surface area contributed by atoms with Crippen molar-refractivity contribution in [3.05, 3.63) is 200 Å². The summed E-state index contributed by atoms with van der Waals surface area (Å²) in [6.07, 6.45) is 25.4. The van der Waals surface area contributed by atoms with E-state index in [0.717, 1.165) is 50.6 Å². The molecule has 0 amide bonds. The van der Waals surface area contributed by atoms with Gasteiger partial charge in [0.2, 0.25) is 0 Å². The molecule has 0 aromatic heterocycles. The van der Waals surface area contributed by atoms with Crippen LogP contribution in [0.3, 0.4) is 0 Å². The first-order chi connectivity index (χ1) is 19.1. The molecule has 0 bridgehead atoms. The quantitative estimate of drug-likeness (QED) is 0.175. The third-order valence-corrected chi connectivity index (χ3v) is 6.43. The summed E-state index contributed by atoms with van der Waals surface area (Å²) in [6.45, 7) is 28.5. The van der Waals surface area contributed by atoms with Crippen molar-refractivity contribution in [2.24, 2.45) is 0 Å². The maximum atomic E-state index is 7.59. The molecule has 1 N–H and O–H groups in total. The number of rotatable bonds is 12. The maximum absolute atomic E-state index is 7.59. The third kappa shape index (κ3) is 5.32. The summed E-state index contributed by atoms with van der Waals surface area (Å²) in [6, 6.07) is 10.1. The second-order valence-electron chi connectivity index (χ2n) is 8.47. The van der Waals surface area contributed by atoms with E-state index < -0.39 is 0 Å². The standard InChI is InChI=1S/C35H34BN3/c1-8-15-25-30-32(13-6)38(28-22-17-16-18-23-28)33(14-7)35-34(21-10-3)39(27(20-9-2)24-19-26-37)31(12-5)29(11-4)36(30)35/h8-26,37H,1-7H2/b24-19-,25-15-,27-20+,34-21+,37-26?. The summed E-state index contributed by atoms with van der Waals surface area (Å²) >= 11 is 0. The van der Waals surface area contributed by atoms with E-state index in [9.17, 15) is 0 Å². The molecule has 1 aromatic rings. The Balaban J connectivity index is 2.62. The summed E-state index contributed by atoms with van der Waals surface area (Å²) < 4.78 is 0. The van der Waals surface area contributed by atoms with Gasteiger partial charge >= 0.3 is 0 Å². The minimum absolute atomic E-state index is 0.202. The Morgan fingerprint density at radius 1 is 0.744 bits per heavy atom. The molecule has 2 heterocycles. The zero-order valence-electron chi connectivity index (χ0n) is 22.4. The first-order valence-corrected chi connectivity index (χ1v) is 12.6. The third-order valence-electron chi connectivity index (χ3n) is 6.43. The normalized spacial score (nSPS) is 17.1. The minimum Gasteiger partial charge on any atom is -0.311 e. The maximum Gasteiger partial charge on any atom is 0.252 e. The Hall–Kier alpha value is -5.09. The van der Waals surface area contributed by atoms with E-state index in [2.05, 4.69) is 74.1 Å². The predicted molar refractivity (Wildman–Crippen MR) is 172 cm³/mol. The van der Waals surface area contributed by atoms with Crippen LogP contribution in [-0.4, -0.2) is 17.8 Å². The van der Waals surface area contributed by atoms with E-state index in [1.165, 1.54) is 6.21 Å². The van der Waals surface area contributed by atoms with Gasteiger partial charge in [-0.2, -0.15) is 0 Å². The number of anilines is 1. The first-order valence-electron chi connectivity index (χ1n) is 12.6. The molecule has 4 heteroatoms. The van der Waals surface area contributed by atoms with Crippen LogP contribution in [0.5, 0.6) is 0 Å². The predicted octanol–water partition coefficient (Wildman–Crippen LogP) is 8.53. The van der Waals surface area contributed by atoms with Crippen molar-refractivity contribution in [2.45, 2.75) is 0 Å². The van der Waals surface area contributed by atoms with Gasteiger partial charge in [0.05, 0.1) is 0 Å². The van der Waals surface area contributed by atoms with Gasteiger partial charge in [-0.3, -0.25) is 0 Å². The second-order valence-corrected chi connectivity index (χ2v) is 8.47. The Kier molecular flexibility index (Phi) is 9.83. The molecule has 0 unspecified atom stereocenters. The highest BCUT2D eigenvalue weighted by molar-refractivity contribution is 6.84. The summed E-state index contributed by atoms with van der Waals surface area (Å²) in [5.74, 6) is 0. The molecular formula is C35H34BN3. The summed E-state index contributed by atoms with van der Waals surface area (Å²) in [4.78, 5) is 4.27. The number of nitrogens with one attached hydrogen (secondary N) is 1. The van der Waals surface area contributed by atoms with Gasteiger partial charge in [0.1, 0.15) is 0 Å². The van der Waals surface area contributed by atoms with Crippen LogP contribution in [-0.2, 0) is 0 Å². The molecule has 192 valence electrons. The molecular weight excluding hydrogens is 473 g/mol. The minimum atomic E-state index is -0.202. The van der Waals surface area contributed by atoms with Crippen molar-refractivity contribution in [1.82, 2.24) is 4.90 Å². The largest absolute Gasteiger partial charge is 0.311 e. The molecule has 2 aliphatic heterocycles. The summed E-state index contributed by atoms with van der Waals surface area (Å²) in [7, 11) is 0. The van der Waals surface area contributed by atoms with Crippen molar-refractivity contribution < 1.29 is 0 Å². The van der Waals surface area contributed by atoms with E-state index in [4.69, 9.17) is 5.41 Å². The fraction of sp³-hybridized carbons (Fsp3) is 0. The topological polar surface area (TPSA) is 30.3 Å². The lowest BCUT2D eigenvalue weighted by molar-refractivity contribution is 0.566. The molecule has 0 saturated heterocycles. The van der Waals surface area contributed by atoms with Gasteiger partial charge in [-0.15, -0.1) is 0 Å². The monoisotopic (exact) mass is 507 g/mol. The van der Waals surface area contributed by atoms with Crippen LogP contribution in [0.4, 0.5) is 5.69 Å². The van der Waals surface area contributed by atoms with Crippen LogP contribution in [0.2, 0.25) is 0 Å². The smallest absolute Gasteiger partial charge is 0.252 e. The number of hydrogen-bond acceptors (Lipinski definition) is 3. The zero-order chi connectivity index (χ0) is 28.4. The highest BCUT2D eigenvalue weighted by Gasteiger charge is 2.44. The molecule has 0 atom stereocenters. The Labute approximate surface area is 233 Å². The van der Waals surface area contributed by atoms with Gasteiger partial charge in [-0.25, -0.2) is 0 Å². The van der Waals surface area contributed by atoms with E-state index in [0.29, 0.717) is 0 Å². The molecule has 1 aromatic carbocycles. The van der Waals surface area contributed by atoms with Crippen molar-refractivity contribution in [2.75, 3.05) is 4.90 Å². The van der Waals surface area contributed by atoms with Gasteiger partial charge < -0.3 is 15.2 Å². The molecule has 0 aliphatic carbocycles. The lowest BCUT2D eigenvalue weighted by Crippen LogP contribution is -2.44. The number of allylic oxidation sites excluding steroid dienone is 16. The van der Waals surface area contributed by atoms with Gasteiger partial charge in [-0.05, 0) is 71.1 Å². The van der Waals surface area contributed by atoms with Crippen molar-refractivity contribution >= 4 is 18.6 Å². The van der Waals surface area contributed by atoms with Crippen molar-refractivity contribution in [1.29, 1.82) is 5.41 Å². The van der Waals surface area contributed by atoms with E-state index in [1.807, 2.05) is 66.8 Å². The first kappa shape index (κ1) is 28.5. The Bertz CT molecular complexity index is 1440. The van der Waals surface area contributed by atoms with E-state index >= 15 is 0 Å². The van der Waals surface area contributed by atoms with Crippen LogP contribution in [0, 0.1) is 5.41 Å². The van der Waals surface area contributed by atoms with Crippen LogP contribution < -0.4 is 4.90 Å². The SMILES string of the molecule is C=C/C=C\C1=C(C=C)N(c2ccccc2)C(C=C)=C2B1C(C=C)=C(C=C)N(C(/C=C\C=N)=C/C=C)/C2=C/C=C. The van der Waals surface area contributed by atoms with Crippen molar-refractivity contribution in [3.63, 3.8) is 0 Å². The zero-order valence-corrected chi connectivity index (χ0v) is 22.4. The highest BCUT2D eigenvalue weighted by Crippen LogP contribution is 2.47. The summed E-state index contributed by atoms with van der Waals surface area (Å²) in [5, 5.41) is 7.59. The fourth-order valence-corrected chi connectivity index (χ4v) is 5.04. The lowest BCUT2D eigenvalue weighted by Gasteiger charge is -2.45. The Morgan fingerprint density at radius 2 is 1.44 bits per heavy atom. The molecule has 3 rings (SSSR count). The molecule has 2 aliphatic rings. The average molecular weight is 507 g/mol. The van der Waals surface area contributed by atoms with Crippen LogP contribution in [0.1, 0.15) is 0 Å². The van der Waals surface area contributed by atoms with E-state index in [1.54, 1.807) is 24.3 Å². The average Bonchev–Trinajstić information content (AvgIpc) is 2.97. The number of fused-ring (bicyclic) bond motifs is 1. The lowest BCUT2D eigenvalue weighted by atomic mass is 9.31. The molecule has 39 heavy (non-hydrogen) atoms. The van der Waals surface area contributed by atoms with Gasteiger partial charge in [0.25, 0.3) is 6.71 Å². The van der Waals surface area contributed by atoms with Crippen LogP contribution in [0.15, 0.2) is 200 Å². The molecule has 3 nitrogen and oxygen atoms in total. The second kappa shape index (κ2) is 13.5. The number of para-hydroxylation sites is 1. The van der Waals surface area contributed by atoms with E-state index in [-0.39, 0.29) is 6.71 Å². The summed E-state index contributed by atoms with van der Waals surface area (Å²) in [5.41, 5.74) is 8.39. The fourth-order valence-electron chi connectivity index (χ4n) is 5.04. The molecule has 0 radical (unpaired) electrons. The number of benzene rings is 1.